The lowest BCUT2D eigenvalue weighted by Gasteiger charge is -2.26. The predicted octanol–water partition coefficient (Wildman–Crippen LogP) is 1.41. The van der Waals surface area contributed by atoms with Crippen LogP contribution in [0.1, 0.15) is 26.5 Å². The molecule has 5 atom stereocenters. The minimum atomic E-state index is -3.57. The number of hydrogen-bond acceptors (Lipinski definition) is 11. The normalized spacial score (nSPS) is 27.5. The smallest absolute Gasteiger partial charge is 0.336 e. The number of anilines is 2. The number of aromatic nitrogens is 4. The van der Waals surface area contributed by atoms with Crippen LogP contribution in [0.3, 0.4) is 0 Å². The Hall–Kier alpha value is -1.05. The third-order valence-corrected chi connectivity index (χ3v) is 6.55. The first-order valence-electron chi connectivity index (χ1n) is 8.45. The second kappa shape index (κ2) is 8.36. The fourth-order valence-corrected chi connectivity index (χ4v) is 4.29. The molecule has 2 aromatic heterocycles. The lowest BCUT2D eigenvalue weighted by atomic mass is 10.0. The van der Waals surface area contributed by atoms with Gasteiger partial charge in [0, 0.05) is 7.11 Å². The summed E-state index contributed by atoms with van der Waals surface area (Å²) in [6, 6.07) is 0. The number of fused-ring (bicyclic) bond motifs is 1. The zero-order valence-electron chi connectivity index (χ0n) is 15.5. The van der Waals surface area contributed by atoms with Gasteiger partial charge in [0.15, 0.2) is 17.7 Å². The van der Waals surface area contributed by atoms with Gasteiger partial charge in [-0.05, 0) is 37.1 Å². The van der Waals surface area contributed by atoms with Crippen molar-refractivity contribution in [1.29, 1.82) is 0 Å². The van der Waals surface area contributed by atoms with E-state index in [4.69, 9.17) is 37.3 Å². The maximum atomic E-state index is 10.1. The lowest BCUT2D eigenvalue weighted by molar-refractivity contribution is -0.0517. The zero-order valence-corrected chi connectivity index (χ0v) is 18.1. The van der Waals surface area contributed by atoms with E-state index >= 15 is 0 Å². The fraction of sp³-hybridized carbons (Fsp3) is 0.643. The molecule has 3 rings (SSSR count). The summed E-state index contributed by atoms with van der Waals surface area (Å²) in [4.78, 5) is 22.5. The molecule has 0 saturated carbocycles. The first kappa shape index (κ1) is 21.7. The number of thiol groups is 1. The predicted molar refractivity (Wildman–Crippen MR) is 110 cm³/mol. The van der Waals surface area contributed by atoms with Crippen LogP contribution in [0.25, 0.3) is 11.2 Å². The number of rotatable bonds is 7. The summed E-state index contributed by atoms with van der Waals surface area (Å²) in [6.45, 7) is 0.511. The fourth-order valence-electron chi connectivity index (χ4n) is 3.28. The van der Waals surface area contributed by atoms with E-state index in [-0.39, 0.29) is 17.7 Å². The Labute approximate surface area is 172 Å². The summed E-state index contributed by atoms with van der Waals surface area (Å²) in [6.07, 6.45) is -0.292. The highest BCUT2D eigenvalue weighted by Gasteiger charge is 2.49. The van der Waals surface area contributed by atoms with E-state index in [2.05, 4.69) is 31.8 Å². The van der Waals surface area contributed by atoms with Gasteiger partial charge in [-0.15, -0.1) is 0 Å². The molecule has 0 aliphatic carbocycles. The highest BCUT2D eigenvalue weighted by atomic mass is 32.5. The van der Waals surface area contributed by atoms with Crippen molar-refractivity contribution in [3.05, 3.63) is 6.33 Å². The Morgan fingerprint density at radius 3 is 2.71 bits per heavy atom. The Bertz CT molecular complexity index is 898. The Morgan fingerprint density at radius 1 is 1.39 bits per heavy atom. The van der Waals surface area contributed by atoms with Crippen LogP contribution in [0.15, 0.2) is 6.33 Å². The molecule has 2 aromatic rings. The summed E-state index contributed by atoms with van der Waals surface area (Å²) in [5.74, 6) is 0.461. The molecule has 1 aliphatic heterocycles. The molecule has 1 unspecified atom stereocenters. The summed E-state index contributed by atoms with van der Waals surface area (Å²) in [5.41, 5.74) is 12.4. The van der Waals surface area contributed by atoms with E-state index in [1.807, 2.05) is 13.8 Å². The van der Waals surface area contributed by atoms with Gasteiger partial charge in [-0.1, -0.05) is 13.8 Å². The Balaban J connectivity index is 2.02. The summed E-state index contributed by atoms with van der Waals surface area (Å²) in [7, 11) is 1.51. The van der Waals surface area contributed by atoms with Gasteiger partial charge in [0.1, 0.15) is 17.7 Å². The number of nitrogen functional groups attached to an aromatic ring is 2. The second-order valence-corrected chi connectivity index (χ2v) is 9.99. The van der Waals surface area contributed by atoms with Gasteiger partial charge in [0.05, 0.1) is 12.4 Å². The van der Waals surface area contributed by atoms with Crippen LogP contribution in [-0.4, -0.2) is 49.8 Å². The number of ether oxygens (including phenoxy) is 2. The van der Waals surface area contributed by atoms with Crippen molar-refractivity contribution in [2.24, 2.45) is 5.92 Å². The average molecular weight is 450 g/mol. The number of methoxy groups -OCH3 is 1. The average Bonchev–Trinajstić information content (AvgIpc) is 3.16. The zero-order chi connectivity index (χ0) is 20.6. The third-order valence-electron chi connectivity index (χ3n) is 4.36. The van der Waals surface area contributed by atoms with E-state index in [0.717, 1.165) is 0 Å². The van der Waals surface area contributed by atoms with Crippen molar-refractivity contribution >= 4 is 54.4 Å². The lowest BCUT2D eigenvalue weighted by Crippen LogP contribution is -2.35. The van der Waals surface area contributed by atoms with Gasteiger partial charge in [0.25, 0.3) is 0 Å². The van der Waals surface area contributed by atoms with E-state index in [1.165, 1.54) is 13.4 Å². The van der Waals surface area contributed by atoms with Crippen molar-refractivity contribution in [3.8, 4) is 0 Å². The highest BCUT2D eigenvalue weighted by molar-refractivity contribution is 8.09. The molecule has 11 nitrogen and oxygen atoms in total. The topological polar surface area (TPSA) is 153 Å². The van der Waals surface area contributed by atoms with Gasteiger partial charge in [-0.3, -0.25) is 9.09 Å². The minimum Gasteiger partial charge on any atom is -0.382 e. The van der Waals surface area contributed by atoms with Gasteiger partial charge in [-0.2, -0.15) is 9.97 Å². The molecule has 0 aromatic carbocycles. The molecular weight excluding hydrogens is 427 g/mol. The van der Waals surface area contributed by atoms with E-state index in [9.17, 15) is 4.89 Å². The third kappa shape index (κ3) is 4.26. The second-order valence-electron chi connectivity index (χ2n) is 6.81. The molecule has 1 saturated heterocycles. The highest BCUT2D eigenvalue weighted by Crippen LogP contribution is 2.50. The van der Waals surface area contributed by atoms with Gasteiger partial charge in [-0.25, -0.2) is 8.95 Å². The van der Waals surface area contributed by atoms with Crippen molar-refractivity contribution < 1.29 is 22.9 Å². The summed E-state index contributed by atoms with van der Waals surface area (Å²) < 4.78 is 23.8. The molecule has 0 spiro atoms. The number of hydrogen-bond donors (Lipinski definition) is 4. The van der Waals surface area contributed by atoms with Crippen LogP contribution in [0.2, 0.25) is 0 Å². The van der Waals surface area contributed by atoms with Crippen LogP contribution in [0, 0.1) is 5.92 Å². The van der Waals surface area contributed by atoms with Gasteiger partial charge in [0.2, 0.25) is 5.95 Å². The van der Waals surface area contributed by atoms with E-state index in [0.29, 0.717) is 17.6 Å². The van der Waals surface area contributed by atoms with Gasteiger partial charge < -0.3 is 25.8 Å². The van der Waals surface area contributed by atoms with Gasteiger partial charge >= 0.3 is 6.72 Å². The van der Waals surface area contributed by atoms with Crippen molar-refractivity contribution in [3.63, 3.8) is 0 Å². The van der Waals surface area contributed by atoms with Crippen LogP contribution in [-0.2, 0) is 29.8 Å². The molecule has 1 fully saturated rings. The molecule has 28 heavy (non-hydrogen) atoms. The number of nitrogens with two attached hydrogens (primary N) is 2. The molecule has 14 heteroatoms. The molecule has 156 valence electrons. The Kier molecular flexibility index (Phi) is 6.47. The molecular formula is C14H23N6O5PS2. The number of nitrogens with zero attached hydrogens (tertiary/aromatic N) is 4. The maximum Gasteiger partial charge on any atom is 0.336 e. The van der Waals surface area contributed by atoms with Crippen molar-refractivity contribution in [2.75, 3.05) is 18.6 Å². The Morgan fingerprint density at radius 2 is 2.11 bits per heavy atom. The van der Waals surface area contributed by atoms with Crippen LogP contribution >= 0.6 is 19.6 Å². The minimum absolute atomic E-state index is 0.0135. The molecule has 5 N–H and O–H groups in total. The standard InChI is InChI=1S/C14H23N6O5PS2/c1-6(2)4-7-9(24-26(21,28)25-27)10(22-3)13(23-7)20-5-17-8-11(15)18-14(16)19-12(8)20/h5-7,9-10,13,27H,4H2,1-3H3,(H,21,28)(H4,15,16,18,19)/t7-,9+,10+,13-,26?/m1/s1. The summed E-state index contributed by atoms with van der Waals surface area (Å²) in [5, 5.41) is 0. The van der Waals surface area contributed by atoms with E-state index < -0.39 is 31.3 Å². The van der Waals surface area contributed by atoms with Crippen LogP contribution < -0.4 is 11.5 Å². The molecule has 0 amide bonds. The first-order valence-corrected chi connectivity index (χ1v) is 11.4. The van der Waals surface area contributed by atoms with Crippen molar-refractivity contribution in [1.82, 2.24) is 19.5 Å². The molecule has 0 radical (unpaired) electrons. The largest absolute Gasteiger partial charge is 0.382 e. The summed E-state index contributed by atoms with van der Waals surface area (Å²) >= 11 is 8.57. The molecule has 0 bridgehead atoms. The van der Waals surface area contributed by atoms with Crippen LogP contribution in [0.5, 0.6) is 0 Å². The monoisotopic (exact) mass is 450 g/mol. The van der Waals surface area contributed by atoms with Crippen molar-refractivity contribution in [2.45, 2.75) is 44.8 Å². The SMILES string of the molecule is CO[C@H]1[C@@H](OP(O)(=S)OS)[C@@H](CC(C)C)O[C@H]1n1cnc2c(N)nc(N)nc21. The molecule has 1 aliphatic rings. The van der Waals surface area contributed by atoms with E-state index in [1.54, 1.807) is 4.57 Å². The van der Waals surface area contributed by atoms with Crippen LogP contribution in [0.4, 0.5) is 11.8 Å². The first-order chi connectivity index (χ1) is 13.2. The number of imidazole rings is 1. The quantitative estimate of drug-likeness (QED) is 0.275. The maximum absolute atomic E-state index is 10.1. The molecule has 3 heterocycles.